The Morgan fingerprint density at radius 2 is 2.00 bits per heavy atom. The molecule has 0 aliphatic rings. The van der Waals surface area contributed by atoms with Crippen LogP contribution in [-0.2, 0) is 6.42 Å². The van der Waals surface area contributed by atoms with Gasteiger partial charge in [0.05, 0.1) is 7.11 Å². The second-order valence-corrected chi connectivity index (χ2v) is 4.04. The zero-order chi connectivity index (χ0) is 14.4. The minimum Gasteiger partial charge on any atom is -0.490 e. The van der Waals surface area contributed by atoms with Crippen molar-refractivity contribution >= 4 is 11.6 Å². The summed E-state index contributed by atoms with van der Waals surface area (Å²) in [5.41, 5.74) is 0. The quantitative estimate of drug-likeness (QED) is 0.781. The van der Waals surface area contributed by atoms with Crippen molar-refractivity contribution in [2.45, 2.75) is 20.3 Å². The fourth-order valence-corrected chi connectivity index (χ4v) is 1.72. The number of hydrogen-bond acceptors (Lipinski definition) is 8. The van der Waals surface area contributed by atoms with Gasteiger partial charge in [-0.3, -0.25) is 0 Å². The Balaban J connectivity index is 1.99. The Morgan fingerprint density at radius 1 is 1.25 bits per heavy atom. The van der Waals surface area contributed by atoms with Gasteiger partial charge >= 0.3 is 0 Å². The molecule has 0 unspecified atom stereocenters. The number of nitrogens with one attached hydrogen (secondary N) is 2. The first kappa shape index (κ1) is 14.0. The molecule has 2 rings (SSSR count). The van der Waals surface area contributed by atoms with E-state index in [1.807, 2.05) is 6.92 Å². The normalized spacial score (nSPS) is 10.3. The van der Waals surface area contributed by atoms with Crippen molar-refractivity contribution in [1.29, 1.82) is 0 Å². The summed E-state index contributed by atoms with van der Waals surface area (Å²) < 4.78 is 10.3. The predicted molar refractivity (Wildman–Crippen MR) is 74.0 cm³/mol. The molecule has 0 saturated heterocycles. The second-order valence-electron chi connectivity index (χ2n) is 4.04. The average molecular weight is 278 g/mol. The third-order valence-corrected chi connectivity index (χ3v) is 2.56. The largest absolute Gasteiger partial charge is 0.490 e. The maximum Gasteiger partial charge on any atom is 0.223 e. The van der Waals surface area contributed by atoms with Crippen molar-refractivity contribution in [1.82, 2.24) is 20.1 Å². The molecule has 20 heavy (non-hydrogen) atoms. The SMILES string of the molecule is CCNc1ncnc(NCCc2noc(C)n2)c1OC. The van der Waals surface area contributed by atoms with Crippen LogP contribution in [0.3, 0.4) is 0 Å². The number of nitrogens with zero attached hydrogens (tertiary/aromatic N) is 4. The van der Waals surface area contributed by atoms with Crippen LogP contribution in [0.15, 0.2) is 10.9 Å². The first-order valence-electron chi connectivity index (χ1n) is 6.40. The lowest BCUT2D eigenvalue weighted by atomic mass is 10.4. The van der Waals surface area contributed by atoms with Crippen molar-refractivity contribution < 1.29 is 9.26 Å². The number of hydrogen-bond donors (Lipinski definition) is 2. The van der Waals surface area contributed by atoms with E-state index in [2.05, 4.69) is 30.7 Å². The van der Waals surface area contributed by atoms with Crippen LogP contribution in [0.5, 0.6) is 5.75 Å². The number of rotatable bonds is 7. The highest BCUT2D eigenvalue weighted by Crippen LogP contribution is 2.28. The van der Waals surface area contributed by atoms with Crippen LogP contribution in [0, 0.1) is 6.92 Å². The molecule has 0 saturated carbocycles. The van der Waals surface area contributed by atoms with Crippen LogP contribution in [0.25, 0.3) is 0 Å². The number of anilines is 2. The van der Waals surface area contributed by atoms with Gasteiger partial charge in [-0.1, -0.05) is 5.16 Å². The van der Waals surface area contributed by atoms with Crippen LogP contribution in [0.4, 0.5) is 11.6 Å². The van der Waals surface area contributed by atoms with Crippen molar-refractivity contribution in [3.63, 3.8) is 0 Å². The monoisotopic (exact) mass is 278 g/mol. The molecule has 0 aliphatic heterocycles. The van der Waals surface area contributed by atoms with Crippen LogP contribution in [-0.4, -0.2) is 40.3 Å². The molecule has 0 atom stereocenters. The van der Waals surface area contributed by atoms with E-state index >= 15 is 0 Å². The molecule has 0 radical (unpaired) electrons. The summed E-state index contributed by atoms with van der Waals surface area (Å²) >= 11 is 0. The molecule has 2 aromatic rings. The van der Waals surface area contributed by atoms with E-state index in [-0.39, 0.29) is 0 Å². The number of ether oxygens (including phenoxy) is 1. The average Bonchev–Trinajstić information content (AvgIpc) is 2.85. The van der Waals surface area contributed by atoms with Gasteiger partial charge in [-0.2, -0.15) is 4.98 Å². The molecule has 8 nitrogen and oxygen atoms in total. The third-order valence-electron chi connectivity index (χ3n) is 2.56. The van der Waals surface area contributed by atoms with E-state index in [9.17, 15) is 0 Å². The molecule has 0 aromatic carbocycles. The molecule has 0 amide bonds. The molecule has 0 bridgehead atoms. The van der Waals surface area contributed by atoms with E-state index in [0.29, 0.717) is 42.1 Å². The summed E-state index contributed by atoms with van der Waals surface area (Å²) in [6.07, 6.45) is 2.13. The predicted octanol–water partition coefficient (Wildman–Crippen LogP) is 1.26. The lowest BCUT2D eigenvalue weighted by molar-refractivity contribution is 0.387. The van der Waals surface area contributed by atoms with Gasteiger partial charge in [-0.25, -0.2) is 9.97 Å². The van der Waals surface area contributed by atoms with Gasteiger partial charge in [0.15, 0.2) is 17.5 Å². The van der Waals surface area contributed by atoms with E-state index in [1.165, 1.54) is 6.33 Å². The minimum atomic E-state index is 0.564. The Morgan fingerprint density at radius 3 is 2.60 bits per heavy atom. The first-order chi connectivity index (χ1) is 9.74. The van der Waals surface area contributed by atoms with Gasteiger partial charge < -0.3 is 19.9 Å². The number of methoxy groups -OCH3 is 1. The molecule has 8 heteroatoms. The van der Waals surface area contributed by atoms with E-state index in [4.69, 9.17) is 9.26 Å². The van der Waals surface area contributed by atoms with Gasteiger partial charge in [-0.15, -0.1) is 0 Å². The highest BCUT2D eigenvalue weighted by atomic mass is 16.5. The summed E-state index contributed by atoms with van der Waals surface area (Å²) in [4.78, 5) is 12.5. The van der Waals surface area contributed by atoms with Gasteiger partial charge in [0.25, 0.3) is 0 Å². The van der Waals surface area contributed by atoms with Crippen LogP contribution in [0.2, 0.25) is 0 Å². The minimum absolute atomic E-state index is 0.564. The maximum atomic E-state index is 5.34. The van der Waals surface area contributed by atoms with Crippen molar-refractivity contribution in [2.24, 2.45) is 0 Å². The Kier molecular flexibility index (Phi) is 4.70. The summed E-state index contributed by atoms with van der Waals surface area (Å²) in [6.45, 7) is 5.14. The Bertz CT molecular complexity index is 557. The third kappa shape index (κ3) is 3.34. The molecular weight excluding hydrogens is 260 g/mol. The van der Waals surface area contributed by atoms with E-state index in [1.54, 1.807) is 14.0 Å². The van der Waals surface area contributed by atoms with E-state index in [0.717, 1.165) is 6.54 Å². The molecule has 0 spiro atoms. The summed E-state index contributed by atoms with van der Waals surface area (Å²) in [7, 11) is 1.59. The van der Waals surface area contributed by atoms with Crippen molar-refractivity contribution in [2.75, 3.05) is 30.8 Å². The highest BCUT2D eigenvalue weighted by Gasteiger charge is 2.11. The zero-order valence-electron chi connectivity index (χ0n) is 11.8. The van der Waals surface area contributed by atoms with Crippen molar-refractivity contribution in [3.8, 4) is 5.75 Å². The smallest absolute Gasteiger partial charge is 0.223 e. The fourth-order valence-electron chi connectivity index (χ4n) is 1.72. The van der Waals surface area contributed by atoms with Crippen LogP contribution in [0.1, 0.15) is 18.6 Å². The first-order valence-corrected chi connectivity index (χ1v) is 6.40. The maximum absolute atomic E-state index is 5.34. The van der Waals surface area contributed by atoms with Gasteiger partial charge in [-0.05, 0) is 6.92 Å². The molecule has 2 heterocycles. The summed E-state index contributed by atoms with van der Waals surface area (Å²) in [5, 5.41) is 10.1. The molecule has 2 aromatic heterocycles. The van der Waals surface area contributed by atoms with Gasteiger partial charge in [0, 0.05) is 26.4 Å². The highest BCUT2D eigenvalue weighted by molar-refractivity contribution is 5.63. The van der Waals surface area contributed by atoms with E-state index < -0.39 is 0 Å². The molecule has 108 valence electrons. The number of aromatic nitrogens is 4. The van der Waals surface area contributed by atoms with Gasteiger partial charge in [0.2, 0.25) is 11.6 Å². The summed E-state index contributed by atoms with van der Waals surface area (Å²) in [6, 6.07) is 0. The Labute approximate surface area is 117 Å². The molecule has 0 fully saturated rings. The second kappa shape index (κ2) is 6.69. The summed E-state index contributed by atoms with van der Waals surface area (Å²) in [5.74, 6) is 3.13. The van der Waals surface area contributed by atoms with Crippen LogP contribution >= 0.6 is 0 Å². The lowest BCUT2D eigenvalue weighted by Gasteiger charge is -2.12. The Hall–Kier alpha value is -2.38. The lowest BCUT2D eigenvalue weighted by Crippen LogP contribution is -2.11. The topological polar surface area (TPSA) is 98.0 Å². The fraction of sp³-hybridized carbons (Fsp3) is 0.500. The van der Waals surface area contributed by atoms with Crippen molar-refractivity contribution in [3.05, 3.63) is 18.0 Å². The standard InChI is InChI=1S/C12H18N6O2/c1-4-13-11-10(19-3)12(16-7-15-11)14-6-5-9-17-8(2)20-18-9/h7H,4-6H2,1-3H3,(H2,13,14,15,16). The van der Waals surface area contributed by atoms with Crippen LogP contribution < -0.4 is 15.4 Å². The molecule has 0 aliphatic carbocycles. The zero-order valence-corrected chi connectivity index (χ0v) is 11.8. The van der Waals surface area contributed by atoms with Gasteiger partial charge in [0.1, 0.15) is 6.33 Å². The number of aryl methyl sites for hydroxylation is 1. The molecular formula is C12H18N6O2. The molecule has 2 N–H and O–H groups in total.